The Bertz CT molecular complexity index is 733. The first-order chi connectivity index (χ1) is 8.66. The molecule has 0 bridgehead atoms. The van der Waals surface area contributed by atoms with Crippen molar-refractivity contribution in [3.05, 3.63) is 41.1 Å². The van der Waals surface area contributed by atoms with E-state index in [0.29, 0.717) is 0 Å². The van der Waals surface area contributed by atoms with Gasteiger partial charge in [-0.2, -0.15) is 0 Å². The number of fused-ring (bicyclic) bond motifs is 1. The molecule has 2 aromatic heterocycles. The van der Waals surface area contributed by atoms with E-state index >= 15 is 0 Å². The lowest BCUT2D eigenvalue weighted by Gasteiger charge is -2.01. The normalized spacial score (nSPS) is 11.0. The Hall–Kier alpha value is -1.88. The van der Waals surface area contributed by atoms with E-state index in [4.69, 9.17) is 5.73 Å². The Kier molecular flexibility index (Phi) is 2.56. The number of benzene rings is 1. The number of nitrogen functional groups attached to an aromatic ring is 1. The molecule has 0 radical (unpaired) electrons. The minimum absolute atomic E-state index is 0.288. The summed E-state index contributed by atoms with van der Waals surface area (Å²) in [5.41, 5.74) is 8.68. The molecule has 2 heterocycles. The predicted molar refractivity (Wildman–Crippen MR) is 76.1 cm³/mol. The van der Waals surface area contributed by atoms with Crippen molar-refractivity contribution >= 4 is 32.8 Å². The van der Waals surface area contributed by atoms with Gasteiger partial charge in [-0.25, -0.2) is 9.97 Å². The van der Waals surface area contributed by atoms with Crippen molar-refractivity contribution in [3.8, 4) is 11.3 Å². The molecule has 0 unspecified atom stereocenters. The third-order valence-electron chi connectivity index (χ3n) is 2.91. The highest BCUT2D eigenvalue weighted by molar-refractivity contribution is 9.10. The third kappa shape index (κ3) is 1.67. The van der Waals surface area contributed by atoms with E-state index in [-0.39, 0.29) is 5.95 Å². The van der Waals surface area contributed by atoms with Gasteiger partial charge < -0.3 is 10.3 Å². The molecule has 0 aliphatic carbocycles. The molecule has 5 heteroatoms. The van der Waals surface area contributed by atoms with Gasteiger partial charge in [0.1, 0.15) is 0 Å². The van der Waals surface area contributed by atoms with Gasteiger partial charge in [-0.3, -0.25) is 0 Å². The second-order valence-electron chi connectivity index (χ2n) is 4.09. The summed E-state index contributed by atoms with van der Waals surface area (Å²) in [6.07, 6.45) is 3.73. The zero-order chi connectivity index (χ0) is 12.7. The van der Waals surface area contributed by atoms with Crippen LogP contribution in [-0.2, 0) is 7.05 Å². The van der Waals surface area contributed by atoms with Gasteiger partial charge in [-0.1, -0.05) is 22.0 Å². The first-order valence-electron chi connectivity index (χ1n) is 5.49. The smallest absolute Gasteiger partial charge is 0.220 e. The van der Waals surface area contributed by atoms with Crippen LogP contribution in [0.2, 0.25) is 0 Å². The van der Waals surface area contributed by atoms with Crippen LogP contribution in [0.25, 0.3) is 22.2 Å². The minimum atomic E-state index is 0.288. The van der Waals surface area contributed by atoms with E-state index in [9.17, 15) is 0 Å². The summed E-state index contributed by atoms with van der Waals surface area (Å²) in [5, 5.41) is 1.14. The van der Waals surface area contributed by atoms with Crippen LogP contribution in [-0.4, -0.2) is 14.5 Å². The maximum absolute atomic E-state index is 5.64. The van der Waals surface area contributed by atoms with E-state index in [0.717, 1.165) is 26.6 Å². The molecule has 0 amide bonds. The molecular formula is C13H11BrN4. The number of halogens is 1. The summed E-state index contributed by atoms with van der Waals surface area (Å²) >= 11 is 3.59. The number of hydrogen-bond donors (Lipinski definition) is 1. The standard InChI is InChI=1S/C13H11BrN4/c1-18-7-8(10-5-6-16-13(15)17-10)12-9(14)3-2-4-11(12)18/h2-7H,1H3,(H2,15,16,17). The molecule has 0 saturated carbocycles. The van der Waals surface area contributed by atoms with Crippen molar-refractivity contribution in [1.29, 1.82) is 0 Å². The third-order valence-corrected chi connectivity index (χ3v) is 3.57. The molecular weight excluding hydrogens is 292 g/mol. The number of rotatable bonds is 1. The maximum atomic E-state index is 5.64. The maximum Gasteiger partial charge on any atom is 0.220 e. The average Bonchev–Trinajstić information content (AvgIpc) is 2.69. The first kappa shape index (κ1) is 11.2. The highest BCUT2D eigenvalue weighted by Gasteiger charge is 2.12. The highest BCUT2D eigenvalue weighted by Crippen LogP contribution is 2.34. The van der Waals surface area contributed by atoms with Gasteiger partial charge in [0.05, 0.1) is 5.69 Å². The van der Waals surface area contributed by atoms with Gasteiger partial charge in [0.15, 0.2) is 0 Å². The first-order valence-corrected chi connectivity index (χ1v) is 6.28. The van der Waals surface area contributed by atoms with Crippen molar-refractivity contribution in [2.45, 2.75) is 0 Å². The zero-order valence-electron chi connectivity index (χ0n) is 9.76. The number of hydrogen-bond acceptors (Lipinski definition) is 3. The number of anilines is 1. The van der Waals surface area contributed by atoms with Crippen molar-refractivity contribution in [3.63, 3.8) is 0 Å². The monoisotopic (exact) mass is 302 g/mol. The van der Waals surface area contributed by atoms with Gasteiger partial charge in [-0.15, -0.1) is 0 Å². The lowest BCUT2D eigenvalue weighted by atomic mass is 10.1. The number of nitrogens with two attached hydrogens (primary N) is 1. The molecule has 0 aliphatic rings. The molecule has 3 rings (SSSR count). The van der Waals surface area contributed by atoms with E-state index in [1.54, 1.807) is 6.20 Å². The molecule has 4 nitrogen and oxygen atoms in total. The van der Waals surface area contributed by atoms with Crippen LogP contribution in [0.15, 0.2) is 41.1 Å². The summed E-state index contributed by atoms with van der Waals surface area (Å²) in [6, 6.07) is 7.99. The van der Waals surface area contributed by atoms with Crippen LogP contribution in [0.1, 0.15) is 0 Å². The molecule has 3 aromatic rings. The molecule has 0 fully saturated rings. The Morgan fingerprint density at radius 1 is 1.28 bits per heavy atom. The van der Waals surface area contributed by atoms with E-state index in [1.807, 2.05) is 25.2 Å². The summed E-state index contributed by atoms with van der Waals surface area (Å²) in [6.45, 7) is 0. The van der Waals surface area contributed by atoms with E-state index in [1.165, 1.54) is 0 Å². The van der Waals surface area contributed by atoms with Crippen molar-refractivity contribution in [1.82, 2.24) is 14.5 Å². The van der Waals surface area contributed by atoms with E-state index in [2.05, 4.69) is 42.7 Å². The second-order valence-corrected chi connectivity index (χ2v) is 4.94. The lowest BCUT2D eigenvalue weighted by molar-refractivity contribution is 0.969. The highest BCUT2D eigenvalue weighted by atomic mass is 79.9. The minimum Gasteiger partial charge on any atom is -0.368 e. The summed E-state index contributed by atoms with van der Waals surface area (Å²) in [4.78, 5) is 8.20. The van der Waals surface area contributed by atoms with Gasteiger partial charge in [0.2, 0.25) is 5.95 Å². The molecule has 2 N–H and O–H groups in total. The molecule has 1 aromatic carbocycles. The summed E-state index contributed by atoms with van der Waals surface area (Å²) in [7, 11) is 2.02. The summed E-state index contributed by atoms with van der Waals surface area (Å²) in [5.74, 6) is 0.288. The Balaban J connectivity index is 2.36. The molecule has 0 saturated heterocycles. The predicted octanol–water partition coefficient (Wildman–Crippen LogP) is 2.98. The molecule has 0 spiro atoms. The molecule has 0 aliphatic heterocycles. The second kappa shape index (κ2) is 4.10. The quantitative estimate of drug-likeness (QED) is 0.752. The van der Waals surface area contributed by atoms with Gasteiger partial charge in [0, 0.05) is 40.4 Å². The van der Waals surface area contributed by atoms with E-state index < -0.39 is 0 Å². The molecule has 18 heavy (non-hydrogen) atoms. The Morgan fingerprint density at radius 2 is 2.11 bits per heavy atom. The van der Waals surface area contributed by atoms with Crippen LogP contribution >= 0.6 is 15.9 Å². The Morgan fingerprint density at radius 3 is 2.89 bits per heavy atom. The fourth-order valence-corrected chi connectivity index (χ4v) is 2.69. The van der Waals surface area contributed by atoms with Crippen LogP contribution < -0.4 is 5.73 Å². The molecule has 90 valence electrons. The van der Waals surface area contributed by atoms with Crippen molar-refractivity contribution in [2.75, 3.05) is 5.73 Å². The lowest BCUT2D eigenvalue weighted by Crippen LogP contribution is -1.94. The van der Waals surface area contributed by atoms with Gasteiger partial charge >= 0.3 is 0 Å². The summed E-state index contributed by atoms with van der Waals surface area (Å²) < 4.78 is 3.13. The van der Waals surface area contributed by atoms with Crippen LogP contribution in [0.5, 0.6) is 0 Å². The average molecular weight is 303 g/mol. The van der Waals surface area contributed by atoms with Crippen LogP contribution in [0, 0.1) is 0 Å². The van der Waals surface area contributed by atoms with Crippen LogP contribution in [0.3, 0.4) is 0 Å². The SMILES string of the molecule is Cn1cc(-c2ccnc(N)n2)c2c(Br)cccc21. The fraction of sp³-hybridized carbons (Fsp3) is 0.0769. The van der Waals surface area contributed by atoms with Gasteiger partial charge in [-0.05, 0) is 18.2 Å². The fourth-order valence-electron chi connectivity index (χ4n) is 2.12. The van der Waals surface area contributed by atoms with Crippen LogP contribution in [0.4, 0.5) is 5.95 Å². The number of aryl methyl sites for hydroxylation is 1. The topological polar surface area (TPSA) is 56.7 Å². The number of nitrogens with zero attached hydrogens (tertiary/aromatic N) is 3. The van der Waals surface area contributed by atoms with Gasteiger partial charge in [0.25, 0.3) is 0 Å². The molecule has 0 atom stereocenters. The largest absolute Gasteiger partial charge is 0.368 e. The van der Waals surface area contributed by atoms with Crippen molar-refractivity contribution < 1.29 is 0 Å². The zero-order valence-corrected chi connectivity index (χ0v) is 11.3. The Labute approximate surface area is 113 Å². The number of aromatic nitrogens is 3. The van der Waals surface area contributed by atoms with Crippen molar-refractivity contribution in [2.24, 2.45) is 7.05 Å².